The molecule has 6 heteroatoms. The SMILES string of the molecule is O.O.c1ccc2[nH]c(Cn3ccnc3)nc2c1. The molecule has 0 unspecified atom stereocenters. The van der Waals surface area contributed by atoms with Crippen molar-refractivity contribution in [2.75, 3.05) is 0 Å². The van der Waals surface area contributed by atoms with Crippen LogP contribution in [0.4, 0.5) is 0 Å². The van der Waals surface area contributed by atoms with Crippen LogP contribution in [0.2, 0.25) is 0 Å². The number of hydrogen-bond acceptors (Lipinski definition) is 2. The third-order valence-electron chi connectivity index (χ3n) is 2.33. The number of benzene rings is 1. The van der Waals surface area contributed by atoms with E-state index in [9.17, 15) is 0 Å². The molecule has 6 nitrogen and oxygen atoms in total. The Morgan fingerprint density at radius 3 is 2.71 bits per heavy atom. The normalized spacial score (nSPS) is 9.65. The van der Waals surface area contributed by atoms with Gasteiger partial charge in [0.1, 0.15) is 5.82 Å². The molecule has 0 amide bonds. The molecule has 1 aromatic carbocycles. The van der Waals surface area contributed by atoms with Gasteiger partial charge in [-0.3, -0.25) is 0 Å². The Hall–Kier alpha value is -2.18. The van der Waals surface area contributed by atoms with Crippen LogP contribution < -0.4 is 0 Å². The number of hydrogen-bond donors (Lipinski definition) is 1. The summed E-state index contributed by atoms with van der Waals surface area (Å²) in [5.41, 5.74) is 2.08. The van der Waals surface area contributed by atoms with Crippen molar-refractivity contribution in [2.45, 2.75) is 6.54 Å². The van der Waals surface area contributed by atoms with Crippen LogP contribution in [0, 0.1) is 0 Å². The summed E-state index contributed by atoms with van der Waals surface area (Å²) in [6, 6.07) is 8.02. The van der Waals surface area contributed by atoms with Gasteiger partial charge in [0.2, 0.25) is 0 Å². The van der Waals surface area contributed by atoms with Crippen LogP contribution in [0.5, 0.6) is 0 Å². The van der Waals surface area contributed by atoms with E-state index in [0.717, 1.165) is 23.4 Å². The molecule has 0 aliphatic carbocycles. The van der Waals surface area contributed by atoms with E-state index in [1.807, 2.05) is 35.0 Å². The third-order valence-corrected chi connectivity index (χ3v) is 2.33. The highest BCUT2D eigenvalue weighted by Crippen LogP contribution is 2.10. The number of nitrogens with one attached hydrogen (secondary N) is 1. The predicted molar refractivity (Wildman–Crippen MR) is 64.7 cm³/mol. The smallest absolute Gasteiger partial charge is 0.127 e. The van der Waals surface area contributed by atoms with Crippen molar-refractivity contribution in [1.29, 1.82) is 0 Å². The van der Waals surface area contributed by atoms with Gasteiger partial charge in [-0.15, -0.1) is 0 Å². The van der Waals surface area contributed by atoms with Crippen LogP contribution in [0.25, 0.3) is 11.0 Å². The first kappa shape index (κ1) is 12.9. The van der Waals surface area contributed by atoms with Gasteiger partial charge in [0.05, 0.1) is 23.9 Å². The highest BCUT2D eigenvalue weighted by Gasteiger charge is 2.01. The van der Waals surface area contributed by atoms with Crippen molar-refractivity contribution in [2.24, 2.45) is 0 Å². The molecule has 90 valence electrons. The van der Waals surface area contributed by atoms with Gasteiger partial charge in [-0.05, 0) is 12.1 Å². The van der Waals surface area contributed by atoms with E-state index < -0.39 is 0 Å². The first-order chi connectivity index (χ1) is 7.42. The summed E-state index contributed by atoms with van der Waals surface area (Å²) < 4.78 is 1.98. The quantitative estimate of drug-likeness (QED) is 0.681. The molecule has 0 aliphatic rings. The predicted octanol–water partition coefficient (Wildman–Crippen LogP) is 0.158. The fraction of sp³-hybridized carbons (Fsp3) is 0.0909. The molecule has 0 saturated heterocycles. The minimum Gasteiger partial charge on any atom is -0.412 e. The van der Waals surface area contributed by atoms with Crippen LogP contribution >= 0.6 is 0 Å². The Labute approximate surface area is 97.6 Å². The lowest BCUT2D eigenvalue weighted by Gasteiger charge is -1.95. The van der Waals surface area contributed by atoms with Crippen LogP contribution in [0.3, 0.4) is 0 Å². The number of nitrogens with zero attached hydrogens (tertiary/aromatic N) is 3. The molecule has 5 N–H and O–H groups in total. The zero-order chi connectivity index (χ0) is 10.1. The number of para-hydroxylation sites is 2. The molecule has 17 heavy (non-hydrogen) atoms. The molecule has 0 aliphatic heterocycles. The van der Waals surface area contributed by atoms with E-state index in [-0.39, 0.29) is 11.0 Å². The second-order valence-electron chi connectivity index (χ2n) is 3.44. The van der Waals surface area contributed by atoms with Gasteiger partial charge in [0.15, 0.2) is 0 Å². The maximum absolute atomic E-state index is 4.48. The Balaban J connectivity index is 0.000000722. The summed E-state index contributed by atoms with van der Waals surface area (Å²) in [6.07, 6.45) is 5.48. The number of H-pyrrole nitrogens is 1. The highest BCUT2D eigenvalue weighted by molar-refractivity contribution is 5.74. The second kappa shape index (κ2) is 5.24. The summed E-state index contributed by atoms with van der Waals surface area (Å²) in [4.78, 5) is 11.8. The zero-order valence-electron chi connectivity index (χ0n) is 9.09. The van der Waals surface area contributed by atoms with E-state index in [1.54, 1.807) is 12.5 Å². The van der Waals surface area contributed by atoms with E-state index in [2.05, 4.69) is 15.0 Å². The van der Waals surface area contributed by atoms with Crippen molar-refractivity contribution in [3.8, 4) is 0 Å². The first-order valence-electron chi connectivity index (χ1n) is 4.81. The van der Waals surface area contributed by atoms with Crippen LogP contribution in [-0.4, -0.2) is 30.5 Å². The lowest BCUT2D eigenvalue weighted by atomic mass is 10.3. The maximum atomic E-state index is 4.48. The second-order valence-corrected chi connectivity index (χ2v) is 3.44. The lowest BCUT2D eigenvalue weighted by Crippen LogP contribution is -1.97. The van der Waals surface area contributed by atoms with Gasteiger partial charge in [0.25, 0.3) is 0 Å². The molecule has 0 saturated carbocycles. The Kier molecular flexibility index (Phi) is 3.97. The van der Waals surface area contributed by atoms with Gasteiger partial charge in [-0.1, -0.05) is 12.1 Å². The van der Waals surface area contributed by atoms with Gasteiger partial charge < -0.3 is 20.5 Å². The third kappa shape index (κ3) is 2.49. The number of aromatic amines is 1. The average molecular weight is 234 g/mol. The Morgan fingerprint density at radius 2 is 2.00 bits per heavy atom. The van der Waals surface area contributed by atoms with Crippen LogP contribution in [0.1, 0.15) is 5.82 Å². The minimum absolute atomic E-state index is 0. The molecule has 0 bridgehead atoms. The summed E-state index contributed by atoms with van der Waals surface area (Å²) in [5.74, 6) is 0.953. The molecule has 0 spiro atoms. The maximum Gasteiger partial charge on any atom is 0.127 e. The summed E-state index contributed by atoms with van der Waals surface area (Å²) in [7, 11) is 0. The van der Waals surface area contributed by atoms with Gasteiger partial charge in [-0.2, -0.15) is 0 Å². The number of fused-ring (bicyclic) bond motifs is 1. The molecule has 2 heterocycles. The molecule has 0 radical (unpaired) electrons. The summed E-state index contributed by atoms with van der Waals surface area (Å²) in [5, 5.41) is 0. The van der Waals surface area contributed by atoms with Crippen LogP contribution in [0.15, 0.2) is 43.0 Å². The average Bonchev–Trinajstić information content (AvgIpc) is 2.86. The van der Waals surface area contributed by atoms with Crippen LogP contribution in [-0.2, 0) is 6.54 Å². The van der Waals surface area contributed by atoms with E-state index in [4.69, 9.17) is 0 Å². The standard InChI is InChI=1S/C11H10N4.2H2O/c1-2-4-10-9(3-1)13-11(14-10)7-15-6-5-12-8-15;;/h1-6,8H,7H2,(H,13,14);2*1H2. The fourth-order valence-electron chi connectivity index (χ4n) is 1.63. The van der Waals surface area contributed by atoms with Crippen molar-refractivity contribution in [3.05, 3.63) is 48.8 Å². The topological polar surface area (TPSA) is 110 Å². The molecule has 0 fully saturated rings. The Bertz CT molecular complexity index is 541. The number of aromatic nitrogens is 4. The van der Waals surface area contributed by atoms with Gasteiger partial charge in [0, 0.05) is 12.4 Å². The molecular weight excluding hydrogens is 220 g/mol. The lowest BCUT2D eigenvalue weighted by molar-refractivity contribution is 0.758. The monoisotopic (exact) mass is 234 g/mol. The molecular formula is C11H14N4O2. The number of rotatable bonds is 2. The molecule has 3 rings (SSSR count). The van der Waals surface area contributed by atoms with Gasteiger partial charge in [-0.25, -0.2) is 9.97 Å². The molecule has 3 aromatic rings. The number of imidazole rings is 2. The highest BCUT2D eigenvalue weighted by atomic mass is 16.0. The first-order valence-corrected chi connectivity index (χ1v) is 4.81. The van der Waals surface area contributed by atoms with E-state index >= 15 is 0 Å². The van der Waals surface area contributed by atoms with Gasteiger partial charge >= 0.3 is 0 Å². The molecule has 2 aromatic heterocycles. The van der Waals surface area contributed by atoms with E-state index in [0.29, 0.717) is 0 Å². The molecule has 0 atom stereocenters. The van der Waals surface area contributed by atoms with Crippen molar-refractivity contribution < 1.29 is 11.0 Å². The van der Waals surface area contributed by atoms with Crippen molar-refractivity contribution in [1.82, 2.24) is 19.5 Å². The summed E-state index contributed by atoms with van der Waals surface area (Å²) >= 11 is 0. The van der Waals surface area contributed by atoms with Crippen molar-refractivity contribution in [3.63, 3.8) is 0 Å². The van der Waals surface area contributed by atoms with E-state index in [1.165, 1.54) is 0 Å². The fourth-order valence-corrected chi connectivity index (χ4v) is 1.63. The Morgan fingerprint density at radius 1 is 1.18 bits per heavy atom. The minimum atomic E-state index is 0. The summed E-state index contributed by atoms with van der Waals surface area (Å²) in [6.45, 7) is 0.731. The largest absolute Gasteiger partial charge is 0.412 e. The van der Waals surface area contributed by atoms with Crippen molar-refractivity contribution >= 4 is 11.0 Å². The zero-order valence-corrected chi connectivity index (χ0v) is 9.09.